The molecule has 0 spiro atoms. The van der Waals surface area contributed by atoms with Crippen molar-refractivity contribution in [3.8, 4) is 0 Å². The molecular formula is C17H30N4O3. The molecule has 2 unspecified atom stereocenters. The molecule has 0 aliphatic carbocycles. The largest absolute Gasteiger partial charge is 0.466 e. The van der Waals surface area contributed by atoms with Crippen molar-refractivity contribution >= 4 is 5.97 Å². The van der Waals surface area contributed by atoms with Crippen LogP contribution >= 0.6 is 0 Å². The van der Waals surface area contributed by atoms with E-state index >= 15 is 0 Å². The van der Waals surface area contributed by atoms with Crippen LogP contribution in [0.4, 0.5) is 0 Å². The molecule has 1 N–H and O–H groups in total. The molecule has 2 atom stereocenters. The van der Waals surface area contributed by atoms with Crippen molar-refractivity contribution in [3.63, 3.8) is 0 Å². The molecule has 24 heavy (non-hydrogen) atoms. The smallest absolute Gasteiger partial charge is 0.310 e. The highest BCUT2D eigenvalue weighted by Gasteiger charge is 2.27. The van der Waals surface area contributed by atoms with Crippen LogP contribution in [-0.4, -0.2) is 56.8 Å². The highest BCUT2D eigenvalue weighted by atomic mass is 16.5. The minimum absolute atomic E-state index is 0.0374. The fourth-order valence-corrected chi connectivity index (χ4v) is 3.13. The number of rotatable bonds is 9. The second-order valence-electron chi connectivity index (χ2n) is 6.55. The lowest BCUT2D eigenvalue weighted by Crippen LogP contribution is -2.39. The lowest BCUT2D eigenvalue weighted by atomic mass is 9.98. The number of ether oxygens (including phenoxy) is 1. The molecule has 0 amide bonds. The summed E-state index contributed by atoms with van der Waals surface area (Å²) < 4.78 is 6.85. The Balaban J connectivity index is 1.82. The van der Waals surface area contributed by atoms with Crippen molar-refractivity contribution in [1.82, 2.24) is 19.9 Å². The number of esters is 1. The highest BCUT2D eigenvalue weighted by molar-refractivity contribution is 5.72. The Kier molecular flexibility index (Phi) is 7.65. The maximum atomic E-state index is 11.9. The minimum Gasteiger partial charge on any atom is -0.466 e. The minimum atomic E-state index is -0.373. The second-order valence-corrected chi connectivity index (χ2v) is 6.55. The first kappa shape index (κ1) is 18.9. The van der Waals surface area contributed by atoms with Crippen LogP contribution < -0.4 is 0 Å². The normalized spacial score (nSPS) is 20.0. The summed E-state index contributed by atoms with van der Waals surface area (Å²) in [4.78, 5) is 14.1. The van der Waals surface area contributed by atoms with Crippen LogP contribution in [0.5, 0.6) is 0 Å². The van der Waals surface area contributed by atoms with Gasteiger partial charge in [-0.2, -0.15) is 0 Å². The predicted molar refractivity (Wildman–Crippen MR) is 90.2 cm³/mol. The standard InChI is InChI=1S/C17H30N4O3/c1-3-5-8-16(22)13-21-12-15(18-19-21)11-20-9-6-7-14(10-20)17(23)24-4-2/h12,14,16,22H,3-11,13H2,1-2H3. The van der Waals surface area contributed by atoms with Crippen molar-refractivity contribution in [3.05, 3.63) is 11.9 Å². The van der Waals surface area contributed by atoms with Gasteiger partial charge in [0.25, 0.3) is 0 Å². The molecule has 2 heterocycles. The van der Waals surface area contributed by atoms with E-state index in [1.807, 2.05) is 13.1 Å². The maximum absolute atomic E-state index is 11.9. The first-order valence-electron chi connectivity index (χ1n) is 9.08. The molecule has 0 saturated carbocycles. The van der Waals surface area contributed by atoms with Crippen LogP contribution in [0.1, 0.15) is 51.6 Å². The van der Waals surface area contributed by atoms with Crippen LogP contribution in [-0.2, 0) is 22.6 Å². The predicted octanol–water partition coefficient (Wildman–Crippen LogP) is 1.60. The lowest BCUT2D eigenvalue weighted by Gasteiger charge is -2.30. The zero-order chi connectivity index (χ0) is 17.4. The molecule has 0 bridgehead atoms. The number of carbonyl (C=O) groups is 1. The summed E-state index contributed by atoms with van der Waals surface area (Å²) in [5, 5.41) is 18.3. The Hall–Kier alpha value is -1.47. The van der Waals surface area contributed by atoms with E-state index in [1.165, 1.54) is 0 Å². The van der Waals surface area contributed by atoms with E-state index in [-0.39, 0.29) is 18.0 Å². The summed E-state index contributed by atoms with van der Waals surface area (Å²) in [5.41, 5.74) is 0.877. The molecule has 1 fully saturated rings. The van der Waals surface area contributed by atoms with Gasteiger partial charge in [0.1, 0.15) is 0 Å². The second kappa shape index (κ2) is 9.74. The van der Waals surface area contributed by atoms with Gasteiger partial charge in [0, 0.05) is 19.3 Å². The van der Waals surface area contributed by atoms with E-state index < -0.39 is 0 Å². The number of aliphatic hydroxyl groups is 1. The fourth-order valence-electron chi connectivity index (χ4n) is 3.13. The monoisotopic (exact) mass is 338 g/mol. The first-order valence-corrected chi connectivity index (χ1v) is 9.08. The molecule has 1 aliphatic rings. The Morgan fingerprint density at radius 2 is 2.33 bits per heavy atom. The topological polar surface area (TPSA) is 80.5 Å². The third-order valence-corrected chi connectivity index (χ3v) is 4.39. The number of aliphatic hydroxyl groups excluding tert-OH is 1. The average Bonchev–Trinajstić information content (AvgIpc) is 3.00. The van der Waals surface area contributed by atoms with E-state index in [4.69, 9.17) is 4.74 Å². The van der Waals surface area contributed by atoms with Crippen molar-refractivity contribution < 1.29 is 14.6 Å². The zero-order valence-electron chi connectivity index (χ0n) is 14.9. The molecule has 0 aromatic carbocycles. The summed E-state index contributed by atoms with van der Waals surface area (Å²) in [6.07, 6.45) is 6.30. The zero-order valence-corrected chi connectivity index (χ0v) is 14.9. The lowest BCUT2D eigenvalue weighted by molar-refractivity contribution is -0.150. The van der Waals surface area contributed by atoms with Gasteiger partial charge in [-0.15, -0.1) is 5.10 Å². The summed E-state index contributed by atoms with van der Waals surface area (Å²) >= 11 is 0. The van der Waals surface area contributed by atoms with Crippen molar-refractivity contribution in [1.29, 1.82) is 0 Å². The summed E-state index contributed by atoms with van der Waals surface area (Å²) in [5.74, 6) is -0.130. The van der Waals surface area contributed by atoms with Gasteiger partial charge in [-0.1, -0.05) is 25.0 Å². The molecule has 7 heteroatoms. The number of piperidine rings is 1. The van der Waals surface area contributed by atoms with Gasteiger partial charge in [0.15, 0.2) is 0 Å². The van der Waals surface area contributed by atoms with Gasteiger partial charge in [-0.05, 0) is 32.7 Å². The van der Waals surface area contributed by atoms with E-state index in [0.29, 0.717) is 26.2 Å². The Labute approximate surface area is 144 Å². The number of likely N-dealkylation sites (tertiary alicyclic amines) is 1. The van der Waals surface area contributed by atoms with Crippen LogP contribution in [0.3, 0.4) is 0 Å². The summed E-state index contributed by atoms with van der Waals surface area (Å²) in [6.45, 7) is 7.23. The van der Waals surface area contributed by atoms with Crippen molar-refractivity contribution in [2.45, 2.75) is 65.1 Å². The number of carbonyl (C=O) groups excluding carboxylic acids is 1. The van der Waals surface area contributed by atoms with Gasteiger partial charge in [0.05, 0.1) is 30.9 Å². The number of nitrogens with zero attached hydrogens (tertiary/aromatic N) is 4. The third-order valence-electron chi connectivity index (χ3n) is 4.39. The maximum Gasteiger partial charge on any atom is 0.310 e. The molecule has 7 nitrogen and oxygen atoms in total. The summed E-state index contributed by atoms with van der Waals surface area (Å²) in [6, 6.07) is 0. The van der Waals surface area contributed by atoms with Gasteiger partial charge < -0.3 is 9.84 Å². The van der Waals surface area contributed by atoms with Gasteiger partial charge in [0.2, 0.25) is 0 Å². The van der Waals surface area contributed by atoms with Crippen molar-refractivity contribution in [2.75, 3.05) is 19.7 Å². The van der Waals surface area contributed by atoms with Gasteiger partial charge >= 0.3 is 5.97 Å². The van der Waals surface area contributed by atoms with Crippen LogP contribution in [0.15, 0.2) is 6.20 Å². The average molecular weight is 338 g/mol. The summed E-state index contributed by atoms with van der Waals surface area (Å²) in [7, 11) is 0. The molecule has 1 saturated heterocycles. The third kappa shape index (κ3) is 5.87. The first-order chi connectivity index (χ1) is 11.6. The molecule has 0 radical (unpaired) electrons. The molecular weight excluding hydrogens is 308 g/mol. The number of hydrogen-bond donors (Lipinski definition) is 1. The van der Waals surface area contributed by atoms with E-state index in [0.717, 1.165) is 44.3 Å². The van der Waals surface area contributed by atoms with Gasteiger partial charge in [-0.25, -0.2) is 4.68 Å². The van der Waals surface area contributed by atoms with Crippen molar-refractivity contribution in [2.24, 2.45) is 5.92 Å². The Morgan fingerprint density at radius 1 is 1.50 bits per heavy atom. The highest BCUT2D eigenvalue weighted by Crippen LogP contribution is 2.19. The molecule has 1 aromatic heterocycles. The molecule has 1 aliphatic heterocycles. The Morgan fingerprint density at radius 3 is 3.08 bits per heavy atom. The Bertz CT molecular complexity index is 506. The van der Waals surface area contributed by atoms with E-state index in [1.54, 1.807) is 4.68 Å². The molecule has 2 rings (SSSR count). The van der Waals surface area contributed by atoms with E-state index in [9.17, 15) is 9.90 Å². The van der Waals surface area contributed by atoms with Crippen LogP contribution in [0.25, 0.3) is 0 Å². The van der Waals surface area contributed by atoms with Gasteiger partial charge in [-0.3, -0.25) is 9.69 Å². The fraction of sp³-hybridized carbons (Fsp3) is 0.824. The van der Waals surface area contributed by atoms with Crippen LogP contribution in [0, 0.1) is 5.92 Å². The van der Waals surface area contributed by atoms with E-state index in [2.05, 4.69) is 22.1 Å². The number of unbranched alkanes of at least 4 members (excludes halogenated alkanes) is 1. The van der Waals surface area contributed by atoms with Crippen LogP contribution in [0.2, 0.25) is 0 Å². The molecule has 136 valence electrons. The molecule has 1 aromatic rings. The SMILES string of the molecule is CCCCC(O)Cn1cc(CN2CCCC(C(=O)OCC)C2)nn1. The quantitative estimate of drug-likeness (QED) is 0.689. The number of hydrogen-bond acceptors (Lipinski definition) is 6. The number of aromatic nitrogens is 3.